The molecule has 7 nitrogen and oxygen atoms in total. The molecule has 0 spiro atoms. The Kier molecular flexibility index (Phi) is 12.7. The highest BCUT2D eigenvalue weighted by Crippen LogP contribution is 2.25. The van der Waals surface area contributed by atoms with Gasteiger partial charge in [-0.05, 0) is 44.2 Å². The number of amides is 1. The highest BCUT2D eigenvalue weighted by atomic mass is 32.2. The van der Waals surface area contributed by atoms with Crippen molar-refractivity contribution in [3.05, 3.63) is 72.8 Å². The first-order valence-corrected chi connectivity index (χ1v) is 13.3. The summed E-state index contributed by atoms with van der Waals surface area (Å²) in [5.41, 5.74) is 0.985. The summed E-state index contributed by atoms with van der Waals surface area (Å²) in [6.07, 6.45) is 4.05. The van der Waals surface area contributed by atoms with Crippen LogP contribution in [0.3, 0.4) is 0 Å². The summed E-state index contributed by atoms with van der Waals surface area (Å²) in [6, 6.07) is 15.3. The SMILES string of the molecule is CC.CC.CCn1cncc1CCNC(=O)C(C)S(=O)(=O)c1cccc(Oc2ccccc2)c1. The third-order valence-corrected chi connectivity index (χ3v) is 6.82. The minimum absolute atomic E-state index is 0.0441. The number of nitrogens with one attached hydrogen (secondary N) is 1. The number of sulfone groups is 1. The van der Waals surface area contributed by atoms with Gasteiger partial charge in [0, 0.05) is 31.4 Å². The van der Waals surface area contributed by atoms with Gasteiger partial charge in [-0.15, -0.1) is 0 Å². The van der Waals surface area contributed by atoms with Gasteiger partial charge in [0.05, 0.1) is 11.2 Å². The number of para-hydroxylation sites is 1. The normalized spacial score (nSPS) is 11.2. The van der Waals surface area contributed by atoms with E-state index in [4.69, 9.17) is 4.74 Å². The maximum absolute atomic E-state index is 12.9. The van der Waals surface area contributed by atoms with E-state index in [9.17, 15) is 13.2 Å². The summed E-state index contributed by atoms with van der Waals surface area (Å²) in [5.74, 6) is 0.457. The van der Waals surface area contributed by atoms with Crippen LogP contribution >= 0.6 is 0 Å². The molecule has 186 valence electrons. The van der Waals surface area contributed by atoms with Gasteiger partial charge < -0.3 is 14.6 Å². The van der Waals surface area contributed by atoms with E-state index in [0.29, 0.717) is 24.5 Å². The molecule has 3 aromatic rings. The van der Waals surface area contributed by atoms with Crippen molar-refractivity contribution in [2.24, 2.45) is 0 Å². The molecular weight excluding hydrogens is 450 g/mol. The van der Waals surface area contributed by atoms with Crippen LogP contribution in [0.15, 0.2) is 72.0 Å². The summed E-state index contributed by atoms with van der Waals surface area (Å²) in [4.78, 5) is 16.6. The second kappa shape index (κ2) is 14.9. The van der Waals surface area contributed by atoms with Crippen molar-refractivity contribution >= 4 is 15.7 Å². The van der Waals surface area contributed by atoms with E-state index >= 15 is 0 Å². The second-order valence-electron chi connectivity index (χ2n) is 6.79. The zero-order valence-electron chi connectivity index (χ0n) is 21.0. The van der Waals surface area contributed by atoms with E-state index in [-0.39, 0.29) is 4.90 Å². The first kappa shape index (κ1) is 28.9. The van der Waals surface area contributed by atoms with Crippen LogP contribution in [0.5, 0.6) is 11.5 Å². The molecular formula is C26H37N3O4S. The molecule has 0 aliphatic rings. The van der Waals surface area contributed by atoms with Crippen molar-refractivity contribution in [3.8, 4) is 11.5 Å². The Morgan fingerprint density at radius 1 is 1.03 bits per heavy atom. The molecule has 1 N–H and O–H groups in total. The molecule has 0 aliphatic carbocycles. The summed E-state index contributed by atoms with van der Waals surface area (Å²) < 4.78 is 33.6. The molecule has 34 heavy (non-hydrogen) atoms. The van der Waals surface area contributed by atoms with Crippen molar-refractivity contribution in [3.63, 3.8) is 0 Å². The molecule has 1 unspecified atom stereocenters. The number of aryl methyl sites for hydroxylation is 1. The highest BCUT2D eigenvalue weighted by Gasteiger charge is 2.30. The molecule has 0 bridgehead atoms. The van der Waals surface area contributed by atoms with Crippen LogP contribution < -0.4 is 10.1 Å². The van der Waals surface area contributed by atoms with Crippen molar-refractivity contribution in [1.29, 1.82) is 0 Å². The van der Waals surface area contributed by atoms with Gasteiger partial charge in [-0.1, -0.05) is 52.0 Å². The van der Waals surface area contributed by atoms with E-state index in [0.717, 1.165) is 12.2 Å². The van der Waals surface area contributed by atoms with Crippen LogP contribution in [0, 0.1) is 0 Å². The van der Waals surface area contributed by atoms with E-state index in [1.165, 1.54) is 19.1 Å². The molecule has 1 amide bonds. The lowest BCUT2D eigenvalue weighted by Gasteiger charge is -2.14. The van der Waals surface area contributed by atoms with Gasteiger partial charge in [0.1, 0.15) is 16.7 Å². The lowest BCUT2D eigenvalue weighted by atomic mass is 10.3. The number of rotatable bonds is 9. The van der Waals surface area contributed by atoms with Crippen LogP contribution in [0.25, 0.3) is 0 Å². The van der Waals surface area contributed by atoms with Crippen LogP contribution in [0.2, 0.25) is 0 Å². The quantitative estimate of drug-likeness (QED) is 0.444. The Balaban J connectivity index is 0.00000137. The van der Waals surface area contributed by atoms with E-state index in [2.05, 4.69) is 10.3 Å². The van der Waals surface area contributed by atoms with Crippen molar-refractivity contribution in [2.75, 3.05) is 6.54 Å². The molecule has 1 atom stereocenters. The summed E-state index contributed by atoms with van der Waals surface area (Å²) >= 11 is 0. The number of nitrogens with zero attached hydrogens (tertiary/aromatic N) is 2. The molecule has 0 fully saturated rings. The maximum atomic E-state index is 12.9. The third-order valence-electron chi connectivity index (χ3n) is 4.77. The van der Waals surface area contributed by atoms with Gasteiger partial charge in [0.25, 0.3) is 0 Å². The first-order valence-electron chi connectivity index (χ1n) is 11.8. The lowest BCUT2D eigenvalue weighted by Crippen LogP contribution is -2.39. The second-order valence-corrected chi connectivity index (χ2v) is 9.06. The van der Waals surface area contributed by atoms with Crippen LogP contribution in [0.1, 0.15) is 47.2 Å². The number of aromatic nitrogens is 2. The van der Waals surface area contributed by atoms with Crippen molar-refractivity contribution in [1.82, 2.24) is 14.9 Å². The third kappa shape index (κ3) is 8.02. The zero-order valence-corrected chi connectivity index (χ0v) is 21.8. The van der Waals surface area contributed by atoms with Gasteiger partial charge in [-0.2, -0.15) is 0 Å². The summed E-state index contributed by atoms with van der Waals surface area (Å²) in [7, 11) is -3.86. The number of benzene rings is 2. The fourth-order valence-electron chi connectivity index (χ4n) is 2.98. The number of ether oxygens (including phenoxy) is 1. The van der Waals surface area contributed by atoms with Gasteiger partial charge in [0.15, 0.2) is 9.84 Å². The molecule has 8 heteroatoms. The summed E-state index contributed by atoms with van der Waals surface area (Å²) in [6.45, 7) is 12.5. The molecule has 0 saturated heterocycles. The molecule has 3 rings (SSSR count). The molecule has 1 aromatic heterocycles. The average molecular weight is 488 g/mol. The monoisotopic (exact) mass is 487 g/mol. The van der Waals surface area contributed by atoms with Gasteiger partial charge in [-0.3, -0.25) is 4.79 Å². The minimum atomic E-state index is -3.86. The van der Waals surface area contributed by atoms with Crippen LogP contribution in [-0.4, -0.2) is 35.7 Å². The Bertz CT molecular complexity index is 1100. The predicted octanol–water partition coefficient (Wildman–Crippen LogP) is 5.27. The predicted molar refractivity (Wildman–Crippen MR) is 137 cm³/mol. The Labute approximate surface area is 204 Å². The van der Waals surface area contributed by atoms with Crippen molar-refractivity contribution < 1.29 is 17.9 Å². The standard InChI is InChI=1S/C22H25N3O4S.2C2H6/c1-3-25-16-23-15-18(25)12-13-24-22(26)17(2)30(27,28)21-11-7-10-20(14-21)29-19-8-5-4-6-9-19;2*1-2/h4-11,14-17H,3,12-13H2,1-2H3,(H,24,26);2*1-2H3. The zero-order chi connectivity index (χ0) is 25.6. The fraction of sp³-hybridized carbons (Fsp3) is 0.385. The molecule has 0 aliphatic heterocycles. The molecule has 0 radical (unpaired) electrons. The largest absolute Gasteiger partial charge is 0.457 e. The Hall–Kier alpha value is -3.13. The number of imidazole rings is 1. The smallest absolute Gasteiger partial charge is 0.238 e. The van der Waals surface area contributed by atoms with E-state index < -0.39 is 21.0 Å². The Morgan fingerprint density at radius 2 is 1.68 bits per heavy atom. The number of hydrogen-bond donors (Lipinski definition) is 1. The van der Waals surface area contributed by atoms with E-state index in [1.807, 2.05) is 57.4 Å². The number of carbonyl (C=O) groups is 1. The van der Waals surface area contributed by atoms with E-state index in [1.54, 1.807) is 36.8 Å². The topological polar surface area (TPSA) is 90.3 Å². The number of hydrogen-bond acceptors (Lipinski definition) is 5. The number of carbonyl (C=O) groups excluding carboxylic acids is 1. The first-order chi connectivity index (χ1) is 16.4. The minimum Gasteiger partial charge on any atom is -0.457 e. The molecule has 1 heterocycles. The maximum Gasteiger partial charge on any atom is 0.238 e. The fourth-order valence-corrected chi connectivity index (χ4v) is 4.30. The molecule has 2 aromatic carbocycles. The highest BCUT2D eigenvalue weighted by molar-refractivity contribution is 7.92. The van der Waals surface area contributed by atoms with Gasteiger partial charge >= 0.3 is 0 Å². The van der Waals surface area contributed by atoms with Crippen LogP contribution in [0.4, 0.5) is 0 Å². The Morgan fingerprint density at radius 3 is 2.32 bits per heavy atom. The van der Waals surface area contributed by atoms with Gasteiger partial charge in [-0.25, -0.2) is 13.4 Å². The molecule has 0 saturated carbocycles. The van der Waals surface area contributed by atoms with Crippen LogP contribution in [-0.2, 0) is 27.6 Å². The lowest BCUT2D eigenvalue weighted by molar-refractivity contribution is -0.120. The van der Waals surface area contributed by atoms with Crippen molar-refractivity contribution in [2.45, 2.75) is 64.7 Å². The summed E-state index contributed by atoms with van der Waals surface area (Å²) in [5, 5.41) is 1.49. The van der Waals surface area contributed by atoms with Gasteiger partial charge in [0.2, 0.25) is 5.91 Å². The average Bonchev–Trinajstić information content (AvgIpc) is 3.34.